The Morgan fingerprint density at radius 2 is 2.32 bits per heavy atom. The molecule has 1 aliphatic rings. The van der Waals surface area contributed by atoms with Gasteiger partial charge in [0, 0.05) is 17.6 Å². The first kappa shape index (κ1) is 12.6. The van der Waals surface area contributed by atoms with E-state index in [1.54, 1.807) is 17.4 Å². The predicted octanol–water partition coefficient (Wildman–Crippen LogP) is 3.42. The van der Waals surface area contributed by atoms with Crippen LogP contribution in [0.5, 0.6) is 0 Å². The lowest BCUT2D eigenvalue weighted by atomic mass is 10.0. The molecule has 1 heterocycles. The van der Waals surface area contributed by atoms with Gasteiger partial charge in [-0.25, -0.2) is 9.37 Å². The molecule has 0 spiro atoms. The summed E-state index contributed by atoms with van der Waals surface area (Å²) < 4.78 is 13.2. The van der Waals surface area contributed by atoms with Crippen LogP contribution in [0.3, 0.4) is 0 Å². The van der Waals surface area contributed by atoms with Gasteiger partial charge in [-0.2, -0.15) is 0 Å². The Morgan fingerprint density at radius 1 is 1.47 bits per heavy atom. The number of aliphatic hydroxyl groups is 1. The van der Waals surface area contributed by atoms with Crippen LogP contribution in [-0.2, 0) is 6.42 Å². The summed E-state index contributed by atoms with van der Waals surface area (Å²) in [4.78, 5) is 7.52. The molecule has 1 aromatic heterocycles. The van der Waals surface area contributed by atoms with Crippen LogP contribution in [0.15, 0.2) is 24.3 Å². The van der Waals surface area contributed by atoms with Crippen LogP contribution in [-0.4, -0.2) is 17.1 Å². The minimum atomic E-state index is -0.449. The topological polar surface area (TPSA) is 36.4 Å². The molecule has 3 rings (SSSR count). The molecule has 0 amide bonds. The maximum absolute atomic E-state index is 13.2. The van der Waals surface area contributed by atoms with E-state index in [1.165, 1.54) is 12.1 Å². The van der Waals surface area contributed by atoms with Crippen molar-refractivity contribution in [1.29, 1.82) is 0 Å². The number of nitrogens with zero attached hydrogens (tertiary/aromatic N) is 2. The molecule has 1 aromatic carbocycles. The number of hydrogen-bond acceptors (Lipinski definition) is 4. The van der Waals surface area contributed by atoms with Crippen molar-refractivity contribution >= 4 is 22.2 Å². The van der Waals surface area contributed by atoms with Gasteiger partial charge in [0.05, 0.1) is 11.8 Å². The summed E-state index contributed by atoms with van der Waals surface area (Å²) in [5, 5.41) is 10.7. The van der Waals surface area contributed by atoms with Crippen molar-refractivity contribution < 1.29 is 9.50 Å². The minimum absolute atomic E-state index is 0.259. The van der Waals surface area contributed by atoms with Gasteiger partial charge in [-0.3, -0.25) is 0 Å². The maximum atomic E-state index is 13.2. The molecule has 1 N–H and O–H groups in total. The maximum Gasteiger partial charge on any atom is 0.190 e. The van der Waals surface area contributed by atoms with Crippen LogP contribution in [0.4, 0.5) is 15.2 Å². The monoisotopic (exact) mass is 278 g/mol. The van der Waals surface area contributed by atoms with E-state index in [-0.39, 0.29) is 5.82 Å². The smallest absolute Gasteiger partial charge is 0.190 e. The second kappa shape index (κ2) is 4.90. The largest absolute Gasteiger partial charge is 0.387 e. The highest BCUT2D eigenvalue weighted by Crippen LogP contribution is 2.38. The zero-order valence-electron chi connectivity index (χ0n) is 10.6. The Labute approximate surface area is 115 Å². The van der Waals surface area contributed by atoms with Gasteiger partial charge in [-0.15, -0.1) is 11.3 Å². The quantitative estimate of drug-likeness (QED) is 0.914. The summed E-state index contributed by atoms with van der Waals surface area (Å²) in [6, 6.07) is 6.44. The van der Waals surface area contributed by atoms with Crippen molar-refractivity contribution in [2.45, 2.75) is 25.4 Å². The van der Waals surface area contributed by atoms with Gasteiger partial charge in [0.15, 0.2) is 5.13 Å². The summed E-state index contributed by atoms with van der Waals surface area (Å²) in [5.41, 5.74) is 1.56. The first-order chi connectivity index (χ1) is 9.15. The number of hydrogen-bond donors (Lipinski definition) is 1. The van der Waals surface area contributed by atoms with Crippen molar-refractivity contribution in [2.24, 2.45) is 0 Å². The lowest BCUT2D eigenvalue weighted by Crippen LogP contribution is -2.10. The molecule has 0 aliphatic heterocycles. The molecule has 1 aliphatic carbocycles. The van der Waals surface area contributed by atoms with E-state index >= 15 is 0 Å². The zero-order chi connectivity index (χ0) is 13.4. The van der Waals surface area contributed by atoms with Crippen molar-refractivity contribution in [2.75, 3.05) is 11.9 Å². The molecule has 19 heavy (non-hydrogen) atoms. The normalized spacial score (nSPS) is 18.2. The summed E-state index contributed by atoms with van der Waals surface area (Å²) in [5.74, 6) is -0.259. The molecule has 0 bridgehead atoms. The highest BCUT2D eigenvalue weighted by atomic mass is 32.1. The van der Waals surface area contributed by atoms with Gasteiger partial charge < -0.3 is 10.0 Å². The van der Waals surface area contributed by atoms with E-state index in [0.29, 0.717) is 0 Å². The fraction of sp³-hybridized carbons (Fsp3) is 0.357. The van der Waals surface area contributed by atoms with E-state index in [0.717, 1.165) is 40.7 Å². The third kappa shape index (κ3) is 2.35. The fourth-order valence-electron chi connectivity index (χ4n) is 2.32. The second-order valence-electron chi connectivity index (χ2n) is 4.75. The lowest BCUT2D eigenvalue weighted by Gasteiger charge is -2.16. The van der Waals surface area contributed by atoms with E-state index in [4.69, 9.17) is 0 Å². The molecule has 0 saturated carbocycles. The molecule has 2 aromatic rings. The number of aromatic nitrogens is 1. The lowest BCUT2D eigenvalue weighted by molar-refractivity contribution is 0.153. The number of anilines is 2. The Kier molecular flexibility index (Phi) is 3.24. The highest BCUT2D eigenvalue weighted by molar-refractivity contribution is 7.15. The Morgan fingerprint density at radius 3 is 3.05 bits per heavy atom. The SMILES string of the molecule is CN(c1cccc(F)c1)c1nc2c(s1)CCCC2O. The van der Waals surface area contributed by atoms with E-state index in [1.807, 2.05) is 18.0 Å². The fourth-order valence-corrected chi connectivity index (χ4v) is 3.46. The van der Waals surface area contributed by atoms with E-state index in [2.05, 4.69) is 4.98 Å². The third-order valence-corrected chi connectivity index (χ3v) is 4.60. The summed E-state index contributed by atoms with van der Waals surface area (Å²) in [6.45, 7) is 0. The average Bonchev–Trinajstić information content (AvgIpc) is 2.83. The highest BCUT2D eigenvalue weighted by Gasteiger charge is 2.24. The zero-order valence-corrected chi connectivity index (χ0v) is 11.5. The predicted molar refractivity (Wildman–Crippen MR) is 74.5 cm³/mol. The molecule has 0 saturated heterocycles. The molecule has 0 radical (unpaired) electrons. The van der Waals surface area contributed by atoms with Gasteiger partial charge in [-0.05, 0) is 37.5 Å². The molecule has 5 heteroatoms. The third-order valence-electron chi connectivity index (χ3n) is 3.40. The van der Waals surface area contributed by atoms with Crippen molar-refractivity contribution in [3.05, 3.63) is 40.7 Å². The number of aliphatic hydroxyl groups excluding tert-OH is 1. The first-order valence-corrected chi connectivity index (χ1v) is 7.14. The number of halogens is 1. The van der Waals surface area contributed by atoms with Crippen molar-refractivity contribution in [3.8, 4) is 0 Å². The van der Waals surface area contributed by atoms with Crippen LogP contribution in [0.1, 0.15) is 29.5 Å². The Bertz CT molecular complexity index is 599. The van der Waals surface area contributed by atoms with Crippen LogP contribution in [0, 0.1) is 5.82 Å². The summed E-state index contributed by atoms with van der Waals surface area (Å²) in [7, 11) is 1.87. The molecule has 0 fully saturated rings. The van der Waals surface area contributed by atoms with Gasteiger partial charge in [0.25, 0.3) is 0 Å². The number of fused-ring (bicyclic) bond motifs is 1. The van der Waals surface area contributed by atoms with Crippen LogP contribution >= 0.6 is 11.3 Å². The summed E-state index contributed by atoms with van der Waals surface area (Å²) in [6.07, 6.45) is 2.30. The number of aryl methyl sites for hydroxylation is 1. The van der Waals surface area contributed by atoms with E-state index in [9.17, 15) is 9.50 Å². The number of thiazole rings is 1. The first-order valence-electron chi connectivity index (χ1n) is 6.32. The van der Waals surface area contributed by atoms with Gasteiger partial charge in [-0.1, -0.05) is 6.07 Å². The molecular formula is C14H15FN2OS. The van der Waals surface area contributed by atoms with Crippen LogP contribution in [0.25, 0.3) is 0 Å². The molecular weight excluding hydrogens is 263 g/mol. The van der Waals surface area contributed by atoms with Gasteiger partial charge in [0.2, 0.25) is 0 Å². The van der Waals surface area contributed by atoms with Crippen molar-refractivity contribution in [3.63, 3.8) is 0 Å². The second-order valence-corrected chi connectivity index (χ2v) is 5.81. The summed E-state index contributed by atoms with van der Waals surface area (Å²) >= 11 is 1.58. The molecule has 100 valence electrons. The Hall–Kier alpha value is -1.46. The molecule has 1 unspecified atom stereocenters. The van der Waals surface area contributed by atoms with E-state index < -0.39 is 6.10 Å². The van der Waals surface area contributed by atoms with Gasteiger partial charge in [0.1, 0.15) is 5.82 Å². The molecule has 3 nitrogen and oxygen atoms in total. The van der Waals surface area contributed by atoms with Gasteiger partial charge >= 0.3 is 0 Å². The minimum Gasteiger partial charge on any atom is -0.387 e. The standard InChI is InChI=1S/C14H15FN2OS/c1-17(10-5-2-4-9(15)8-10)14-16-13-11(18)6-3-7-12(13)19-14/h2,4-5,8,11,18H,3,6-7H2,1H3. The van der Waals surface area contributed by atoms with Crippen LogP contribution < -0.4 is 4.90 Å². The number of rotatable bonds is 2. The average molecular weight is 278 g/mol. The molecule has 1 atom stereocenters. The van der Waals surface area contributed by atoms with Crippen molar-refractivity contribution in [1.82, 2.24) is 4.98 Å². The Balaban J connectivity index is 1.94. The number of benzene rings is 1. The van der Waals surface area contributed by atoms with Crippen LogP contribution in [0.2, 0.25) is 0 Å².